The van der Waals surface area contributed by atoms with Crippen molar-refractivity contribution in [3.63, 3.8) is 0 Å². The summed E-state index contributed by atoms with van der Waals surface area (Å²) in [5.41, 5.74) is 0. The minimum atomic E-state index is -3.84. The normalized spacial score (nSPS) is 46.2. The molecule has 0 aromatic carbocycles. The number of rotatable bonds is 1. The maximum Gasteiger partial charge on any atom is 0.342 e. The van der Waals surface area contributed by atoms with E-state index in [4.69, 9.17) is 15.4 Å². The van der Waals surface area contributed by atoms with E-state index in [-0.39, 0.29) is 12.0 Å². The molecule has 2 fully saturated rings. The maximum atomic E-state index is 10.8. The predicted molar refractivity (Wildman–Crippen MR) is 51.3 cm³/mol. The first-order valence-corrected chi connectivity index (χ1v) is 6.71. The third kappa shape index (κ3) is 1.26. The largest absolute Gasteiger partial charge is 0.472 e. The monoisotopic (exact) mass is 233 g/mol. The molecule has 0 radical (unpaired) electrons. The highest BCUT2D eigenvalue weighted by atomic mass is 35.7. The van der Waals surface area contributed by atoms with Crippen molar-refractivity contribution >= 4 is 25.8 Å². The van der Waals surface area contributed by atoms with Crippen molar-refractivity contribution in [3.05, 3.63) is 12.2 Å². The molecule has 2 bridgehead atoms. The lowest BCUT2D eigenvalue weighted by atomic mass is 10.0. The fourth-order valence-electron chi connectivity index (χ4n) is 2.42. The predicted octanol–water partition coefficient (Wildman–Crippen LogP) is 1.09. The van der Waals surface area contributed by atoms with Gasteiger partial charge in [-0.15, -0.1) is 4.40 Å². The van der Waals surface area contributed by atoms with E-state index in [1.54, 1.807) is 0 Å². The highest BCUT2D eigenvalue weighted by Crippen LogP contribution is 2.57. The van der Waals surface area contributed by atoms with Crippen LogP contribution in [0.1, 0.15) is 6.42 Å². The summed E-state index contributed by atoms with van der Waals surface area (Å²) >= 11 is 0. The second kappa shape index (κ2) is 2.52. The van der Waals surface area contributed by atoms with Crippen LogP contribution in [0.25, 0.3) is 0 Å². The lowest BCUT2D eigenvalue weighted by Crippen LogP contribution is -2.24. The molecule has 3 rings (SSSR count). The first-order chi connectivity index (χ1) is 6.54. The number of hydrogen-bond acceptors (Lipinski definition) is 3. The Kier molecular flexibility index (Phi) is 1.57. The van der Waals surface area contributed by atoms with Gasteiger partial charge in [-0.25, -0.2) is 0 Å². The summed E-state index contributed by atoms with van der Waals surface area (Å²) < 4.78 is 30.4. The van der Waals surface area contributed by atoms with Crippen molar-refractivity contribution in [2.75, 3.05) is 0 Å². The molecule has 4 atom stereocenters. The number of ether oxygens (including phenoxy) is 1. The van der Waals surface area contributed by atoms with Gasteiger partial charge in [0.15, 0.2) is 0 Å². The van der Waals surface area contributed by atoms with Gasteiger partial charge in [0.25, 0.3) is 0 Å². The van der Waals surface area contributed by atoms with E-state index >= 15 is 0 Å². The Morgan fingerprint density at radius 3 is 3.00 bits per heavy atom. The van der Waals surface area contributed by atoms with Crippen molar-refractivity contribution in [2.45, 2.75) is 12.5 Å². The van der Waals surface area contributed by atoms with Gasteiger partial charge in [0, 0.05) is 16.6 Å². The van der Waals surface area contributed by atoms with Crippen LogP contribution in [0.3, 0.4) is 0 Å². The van der Waals surface area contributed by atoms with E-state index in [1.165, 1.54) is 0 Å². The number of fused-ring (bicyclic) bond motifs is 2. The fourth-order valence-corrected chi connectivity index (χ4v) is 3.01. The molecule has 4 unspecified atom stereocenters. The van der Waals surface area contributed by atoms with E-state index in [9.17, 15) is 8.42 Å². The molecular formula is C8H8ClNO3S. The van der Waals surface area contributed by atoms with Crippen LogP contribution in [0, 0.1) is 17.8 Å². The number of allylic oxidation sites excluding steroid dienone is 1. The van der Waals surface area contributed by atoms with E-state index in [0.29, 0.717) is 17.7 Å². The Balaban J connectivity index is 1.97. The van der Waals surface area contributed by atoms with Gasteiger partial charge in [-0.1, -0.05) is 6.08 Å². The third-order valence-electron chi connectivity index (χ3n) is 3.04. The zero-order valence-electron chi connectivity index (χ0n) is 7.13. The summed E-state index contributed by atoms with van der Waals surface area (Å²) in [4.78, 5) is 0. The molecule has 1 saturated carbocycles. The Morgan fingerprint density at radius 1 is 1.50 bits per heavy atom. The first kappa shape index (κ1) is 8.73. The number of halogens is 1. The van der Waals surface area contributed by atoms with Crippen LogP contribution < -0.4 is 0 Å². The van der Waals surface area contributed by atoms with Crippen molar-refractivity contribution < 1.29 is 13.2 Å². The van der Waals surface area contributed by atoms with Crippen LogP contribution >= 0.6 is 10.7 Å². The van der Waals surface area contributed by atoms with Gasteiger partial charge < -0.3 is 4.74 Å². The van der Waals surface area contributed by atoms with Gasteiger partial charge in [0.2, 0.25) is 5.90 Å². The summed E-state index contributed by atoms with van der Waals surface area (Å²) in [6, 6.07) is 0. The van der Waals surface area contributed by atoms with E-state index in [1.807, 2.05) is 6.08 Å². The molecule has 2 aliphatic carbocycles. The highest BCUT2D eigenvalue weighted by molar-refractivity contribution is 8.12. The summed E-state index contributed by atoms with van der Waals surface area (Å²) in [6.07, 6.45) is 5.04. The topological polar surface area (TPSA) is 55.7 Å². The third-order valence-corrected chi connectivity index (χ3v) is 3.64. The average molecular weight is 234 g/mol. The molecule has 0 spiro atoms. The van der Waals surface area contributed by atoms with E-state index in [2.05, 4.69) is 10.5 Å². The molecule has 1 saturated heterocycles. The minimum Gasteiger partial charge on any atom is -0.472 e. The Labute approximate surface area is 86.2 Å². The second-order valence-corrected chi connectivity index (χ2v) is 6.06. The van der Waals surface area contributed by atoms with Gasteiger partial charge in [-0.3, -0.25) is 0 Å². The molecule has 3 aliphatic rings. The molecule has 1 heterocycles. The molecule has 0 aromatic heterocycles. The minimum absolute atomic E-state index is 0.00725. The van der Waals surface area contributed by atoms with Crippen LogP contribution in [0.4, 0.5) is 0 Å². The zero-order chi connectivity index (χ0) is 9.92. The second-order valence-electron chi connectivity index (χ2n) is 3.89. The van der Waals surface area contributed by atoms with Gasteiger partial charge in [0.05, 0.1) is 0 Å². The standard InChI is InChI=1S/C8H8ClNO3S/c9-14(11,12)10-8-7-5-2-1-4(13-8)3-6(5)7/h1-2,4-7H,3H2/b10-8+. The maximum absolute atomic E-state index is 10.8. The number of hydrogen-bond donors (Lipinski definition) is 0. The van der Waals surface area contributed by atoms with E-state index in [0.717, 1.165) is 6.42 Å². The summed E-state index contributed by atoms with van der Waals surface area (Å²) in [6.45, 7) is 0. The molecule has 14 heavy (non-hydrogen) atoms. The Bertz CT molecular complexity index is 438. The summed E-state index contributed by atoms with van der Waals surface area (Å²) in [7, 11) is 1.21. The van der Waals surface area contributed by atoms with Crippen LogP contribution in [0.15, 0.2) is 16.5 Å². The Hall–Kier alpha value is -0.550. The van der Waals surface area contributed by atoms with Gasteiger partial charge in [0.1, 0.15) is 6.10 Å². The van der Waals surface area contributed by atoms with Gasteiger partial charge in [-0.2, -0.15) is 8.42 Å². The quantitative estimate of drug-likeness (QED) is 0.503. The molecule has 1 aliphatic heterocycles. The van der Waals surface area contributed by atoms with Crippen molar-refractivity contribution in [2.24, 2.45) is 22.2 Å². The summed E-state index contributed by atoms with van der Waals surface area (Å²) in [5, 5.41) is 0. The Morgan fingerprint density at radius 2 is 2.29 bits per heavy atom. The molecular weight excluding hydrogens is 226 g/mol. The SMILES string of the molecule is O=S(=O)(Cl)/N=C1/OC2C=CC3C(C2)C13. The molecule has 0 N–H and O–H groups in total. The van der Waals surface area contributed by atoms with Crippen LogP contribution in [-0.4, -0.2) is 20.4 Å². The van der Waals surface area contributed by atoms with Crippen molar-refractivity contribution in [1.82, 2.24) is 0 Å². The molecule has 0 aromatic rings. The van der Waals surface area contributed by atoms with Crippen LogP contribution in [-0.2, 0) is 14.0 Å². The lowest BCUT2D eigenvalue weighted by Gasteiger charge is -2.21. The first-order valence-electron chi connectivity index (χ1n) is 4.44. The number of nitrogens with zero attached hydrogens (tertiary/aromatic N) is 1. The van der Waals surface area contributed by atoms with Crippen molar-refractivity contribution in [3.8, 4) is 0 Å². The highest BCUT2D eigenvalue weighted by Gasteiger charge is 2.58. The molecule has 6 heteroatoms. The molecule has 4 nitrogen and oxygen atoms in total. The molecule has 76 valence electrons. The van der Waals surface area contributed by atoms with Crippen LogP contribution in [0.2, 0.25) is 0 Å². The zero-order valence-corrected chi connectivity index (χ0v) is 8.70. The van der Waals surface area contributed by atoms with Crippen LogP contribution in [0.5, 0.6) is 0 Å². The summed E-state index contributed by atoms with van der Waals surface area (Å²) in [5.74, 6) is 1.40. The van der Waals surface area contributed by atoms with E-state index < -0.39 is 9.24 Å². The van der Waals surface area contributed by atoms with Gasteiger partial charge in [-0.05, 0) is 24.3 Å². The van der Waals surface area contributed by atoms with Crippen molar-refractivity contribution in [1.29, 1.82) is 0 Å². The molecule has 0 amide bonds. The van der Waals surface area contributed by atoms with Gasteiger partial charge >= 0.3 is 9.24 Å². The average Bonchev–Trinajstić information content (AvgIpc) is 2.76. The smallest absolute Gasteiger partial charge is 0.342 e. The lowest BCUT2D eigenvalue weighted by molar-refractivity contribution is 0.185. The fraction of sp³-hybridized carbons (Fsp3) is 0.625.